The molecular formula is C12H15NO4S. The van der Waals surface area contributed by atoms with Crippen LogP contribution in [-0.4, -0.2) is 28.5 Å². The number of hydrogen-bond acceptors (Lipinski definition) is 5. The van der Waals surface area contributed by atoms with Crippen molar-refractivity contribution in [3.05, 3.63) is 33.9 Å². The molecule has 0 bridgehead atoms. The number of hydrogen-bond donors (Lipinski definition) is 1. The molecule has 1 aromatic carbocycles. The lowest BCUT2D eigenvalue weighted by atomic mass is 10.2. The van der Waals surface area contributed by atoms with Gasteiger partial charge in [-0.25, -0.2) is 0 Å². The van der Waals surface area contributed by atoms with Crippen molar-refractivity contribution in [1.29, 1.82) is 0 Å². The smallest absolute Gasteiger partial charge is 0.283 e. The fourth-order valence-corrected chi connectivity index (χ4v) is 3.07. The van der Waals surface area contributed by atoms with E-state index >= 15 is 0 Å². The molecule has 0 unspecified atom stereocenters. The first kappa shape index (κ1) is 13.3. The number of rotatable bonds is 4. The molecule has 1 N–H and O–H groups in total. The van der Waals surface area contributed by atoms with Gasteiger partial charge in [-0.15, -0.1) is 11.8 Å². The lowest BCUT2D eigenvalue weighted by Crippen LogP contribution is -2.17. The minimum Gasteiger partial charge on any atom is -0.392 e. The van der Waals surface area contributed by atoms with Crippen LogP contribution in [0.3, 0.4) is 0 Å². The van der Waals surface area contributed by atoms with Crippen LogP contribution in [-0.2, 0) is 11.3 Å². The molecule has 1 saturated heterocycles. The zero-order valence-corrected chi connectivity index (χ0v) is 10.7. The van der Waals surface area contributed by atoms with Gasteiger partial charge < -0.3 is 9.84 Å². The average molecular weight is 269 g/mol. The van der Waals surface area contributed by atoms with E-state index in [0.29, 0.717) is 15.7 Å². The molecule has 1 aromatic rings. The van der Waals surface area contributed by atoms with Crippen molar-refractivity contribution in [2.45, 2.75) is 29.6 Å². The quantitative estimate of drug-likeness (QED) is 0.671. The summed E-state index contributed by atoms with van der Waals surface area (Å²) in [5.41, 5.74) is 0.649. The van der Waals surface area contributed by atoms with Crippen LogP contribution in [0.5, 0.6) is 0 Å². The second-order valence-electron chi connectivity index (χ2n) is 4.15. The van der Waals surface area contributed by atoms with Crippen LogP contribution in [0.25, 0.3) is 0 Å². The summed E-state index contributed by atoms with van der Waals surface area (Å²) in [6.07, 6.45) is 1.84. The summed E-state index contributed by atoms with van der Waals surface area (Å²) in [7, 11) is 0. The predicted molar refractivity (Wildman–Crippen MR) is 68.7 cm³/mol. The van der Waals surface area contributed by atoms with Gasteiger partial charge in [-0.05, 0) is 24.5 Å². The lowest BCUT2D eigenvalue weighted by Gasteiger charge is -2.21. The molecule has 0 atom stereocenters. The molecular weight excluding hydrogens is 254 g/mol. The standard InChI is InChI=1S/C12H15NO4S/c14-8-9-1-2-12(11(7-9)13(15)16)18-10-3-5-17-6-4-10/h1-2,7,10,14H,3-6,8H2. The van der Waals surface area contributed by atoms with E-state index in [-0.39, 0.29) is 17.2 Å². The third kappa shape index (κ3) is 3.22. The number of thioether (sulfide) groups is 1. The van der Waals surface area contributed by atoms with Crippen LogP contribution >= 0.6 is 11.8 Å². The van der Waals surface area contributed by atoms with E-state index in [1.165, 1.54) is 17.8 Å². The van der Waals surface area contributed by atoms with E-state index in [9.17, 15) is 10.1 Å². The van der Waals surface area contributed by atoms with Crippen LogP contribution in [0.1, 0.15) is 18.4 Å². The van der Waals surface area contributed by atoms with Gasteiger partial charge in [0.2, 0.25) is 0 Å². The Morgan fingerprint density at radius 1 is 1.44 bits per heavy atom. The first-order valence-corrected chi connectivity index (χ1v) is 6.71. The van der Waals surface area contributed by atoms with Crippen LogP contribution in [0.2, 0.25) is 0 Å². The number of aliphatic hydroxyl groups excluding tert-OH is 1. The molecule has 0 radical (unpaired) electrons. The Balaban J connectivity index is 2.17. The SMILES string of the molecule is O=[N+]([O-])c1cc(CO)ccc1SC1CCOCC1. The van der Waals surface area contributed by atoms with Crippen LogP contribution in [0.15, 0.2) is 23.1 Å². The molecule has 1 fully saturated rings. The molecule has 0 saturated carbocycles. The Morgan fingerprint density at radius 3 is 2.78 bits per heavy atom. The van der Waals surface area contributed by atoms with Crippen molar-refractivity contribution in [2.24, 2.45) is 0 Å². The van der Waals surface area contributed by atoms with Crippen molar-refractivity contribution < 1.29 is 14.8 Å². The highest BCUT2D eigenvalue weighted by molar-refractivity contribution is 8.00. The molecule has 2 rings (SSSR count). The van der Waals surface area contributed by atoms with E-state index in [0.717, 1.165) is 26.1 Å². The highest BCUT2D eigenvalue weighted by atomic mass is 32.2. The Bertz CT molecular complexity index is 432. The van der Waals surface area contributed by atoms with E-state index in [1.807, 2.05) is 0 Å². The summed E-state index contributed by atoms with van der Waals surface area (Å²) >= 11 is 1.54. The first-order valence-electron chi connectivity index (χ1n) is 5.83. The van der Waals surface area contributed by atoms with Crippen LogP contribution < -0.4 is 0 Å². The summed E-state index contributed by atoms with van der Waals surface area (Å²) in [5, 5.41) is 20.4. The summed E-state index contributed by atoms with van der Waals surface area (Å²) in [6, 6.07) is 4.90. The van der Waals surface area contributed by atoms with Gasteiger partial charge in [0.25, 0.3) is 5.69 Å². The molecule has 0 aliphatic carbocycles. The van der Waals surface area contributed by atoms with E-state index < -0.39 is 0 Å². The van der Waals surface area contributed by atoms with Gasteiger partial charge in [0.15, 0.2) is 0 Å². The predicted octanol–water partition coefficient (Wildman–Crippen LogP) is 2.36. The van der Waals surface area contributed by atoms with Crippen molar-refractivity contribution in [3.8, 4) is 0 Å². The highest BCUT2D eigenvalue weighted by Gasteiger charge is 2.21. The van der Waals surface area contributed by atoms with Crippen LogP contribution in [0, 0.1) is 10.1 Å². The fourth-order valence-electron chi connectivity index (χ4n) is 1.88. The normalized spacial score (nSPS) is 16.7. The summed E-state index contributed by atoms with van der Waals surface area (Å²) in [4.78, 5) is 11.3. The first-order chi connectivity index (χ1) is 8.70. The van der Waals surface area contributed by atoms with Gasteiger partial charge in [-0.2, -0.15) is 0 Å². The summed E-state index contributed by atoms with van der Waals surface area (Å²) < 4.78 is 5.27. The highest BCUT2D eigenvalue weighted by Crippen LogP contribution is 2.36. The molecule has 1 aliphatic rings. The molecule has 1 aliphatic heterocycles. The van der Waals surface area contributed by atoms with Gasteiger partial charge in [-0.3, -0.25) is 10.1 Å². The summed E-state index contributed by atoms with van der Waals surface area (Å²) in [6.45, 7) is 1.27. The molecule has 0 amide bonds. The Morgan fingerprint density at radius 2 is 2.17 bits per heavy atom. The van der Waals surface area contributed by atoms with Crippen molar-refractivity contribution in [2.75, 3.05) is 13.2 Å². The molecule has 1 heterocycles. The number of nitro benzene ring substituents is 1. The van der Waals surface area contributed by atoms with Crippen molar-refractivity contribution in [1.82, 2.24) is 0 Å². The third-order valence-corrected chi connectivity index (χ3v) is 4.27. The largest absolute Gasteiger partial charge is 0.392 e. The number of benzene rings is 1. The maximum atomic E-state index is 11.0. The van der Waals surface area contributed by atoms with Gasteiger partial charge in [0.05, 0.1) is 16.4 Å². The second kappa shape index (κ2) is 6.17. The minimum absolute atomic E-state index is 0.0815. The summed E-state index contributed by atoms with van der Waals surface area (Å²) in [5.74, 6) is 0. The molecule has 18 heavy (non-hydrogen) atoms. The second-order valence-corrected chi connectivity index (χ2v) is 5.49. The molecule has 6 heteroatoms. The van der Waals surface area contributed by atoms with Gasteiger partial charge in [0.1, 0.15) is 0 Å². The van der Waals surface area contributed by atoms with Gasteiger partial charge in [-0.1, -0.05) is 6.07 Å². The van der Waals surface area contributed by atoms with Gasteiger partial charge in [0, 0.05) is 24.5 Å². The molecule has 5 nitrogen and oxygen atoms in total. The number of aliphatic hydroxyl groups is 1. The van der Waals surface area contributed by atoms with Crippen molar-refractivity contribution >= 4 is 17.4 Å². The Kier molecular flexibility index (Phi) is 4.57. The monoisotopic (exact) mass is 269 g/mol. The zero-order valence-electron chi connectivity index (χ0n) is 9.87. The van der Waals surface area contributed by atoms with E-state index in [4.69, 9.17) is 9.84 Å². The zero-order chi connectivity index (χ0) is 13.0. The number of nitrogens with zero attached hydrogens (tertiary/aromatic N) is 1. The Hall–Kier alpha value is -1.11. The lowest BCUT2D eigenvalue weighted by molar-refractivity contribution is -0.387. The number of nitro groups is 1. The molecule has 0 aromatic heterocycles. The van der Waals surface area contributed by atoms with E-state index in [2.05, 4.69) is 0 Å². The topological polar surface area (TPSA) is 72.6 Å². The molecule has 98 valence electrons. The maximum Gasteiger partial charge on any atom is 0.283 e. The Labute approximate surface area is 109 Å². The van der Waals surface area contributed by atoms with Crippen LogP contribution in [0.4, 0.5) is 5.69 Å². The average Bonchev–Trinajstić information content (AvgIpc) is 2.40. The fraction of sp³-hybridized carbons (Fsp3) is 0.500. The van der Waals surface area contributed by atoms with Gasteiger partial charge >= 0.3 is 0 Å². The third-order valence-electron chi connectivity index (χ3n) is 2.86. The number of ether oxygens (including phenoxy) is 1. The molecule has 0 spiro atoms. The van der Waals surface area contributed by atoms with E-state index in [1.54, 1.807) is 12.1 Å². The van der Waals surface area contributed by atoms with Crippen molar-refractivity contribution in [3.63, 3.8) is 0 Å². The maximum absolute atomic E-state index is 11.0. The minimum atomic E-state index is -0.388.